The van der Waals surface area contributed by atoms with Gasteiger partial charge < -0.3 is 10.2 Å². The number of fused-ring (bicyclic) bond motifs is 1. The molecule has 0 radical (unpaired) electrons. The standard InChI is InChI=1S/C21H18FN5O4/c1-11(2)27-20-17(16(18(23)29)24-19(25-20)15-4-3-9-31-15)26(21(27)30)10-14(28)12-5-7-13(22)8-6-12/h3-9,11H,10H2,1-2H3,(H2,23,29). The molecule has 31 heavy (non-hydrogen) atoms. The molecule has 3 heterocycles. The molecule has 0 fully saturated rings. The number of hydrogen-bond donors (Lipinski definition) is 1. The molecule has 158 valence electrons. The number of carbonyl (C=O) groups excluding carboxylic acids is 2. The summed E-state index contributed by atoms with van der Waals surface area (Å²) in [5.41, 5.74) is 5.22. The third-order valence-corrected chi connectivity index (χ3v) is 4.76. The van der Waals surface area contributed by atoms with Crippen molar-refractivity contribution >= 4 is 22.9 Å². The van der Waals surface area contributed by atoms with Crippen molar-refractivity contribution in [3.05, 3.63) is 70.2 Å². The van der Waals surface area contributed by atoms with E-state index in [1.54, 1.807) is 26.0 Å². The second kappa shape index (κ2) is 7.63. The largest absolute Gasteiger partial charge is 0.461 e. The Morgan fingerprint density at radius 2 is 1.87 bits per heavy atom. The summed E-state index contributed by atoms with van der Waals surface area (Å²) in [6, 6.07) is 7.86. The van der Waals surface area contributed by atoms with Gasteiger partial charge in [-0.3, -0.25) is 18.7 Å². The molecule has 0 saturated heterocycles. The summed E-state index contributed by atoms with van der Waals surface area (Å²) in [5, 5.41) is 0. The summed E-state index contributed by atoms with van der Waals surface area (Å²) in [6.07, 6.45) is 1.43. The Kier molecular flexibility index (Phi) is 4.97. The zero-order valence-corrected chi connectivity index (χ0v) is 16.7. The van der Waals surface area contributed by atoms with E-state index in [1.807, 2.05) is 0 Å². The van der Waals surface area contributed by atoms with Crippen LogP contribution in [0, 0.1) is 5.82 Å². The van der Waals surface area contributed by atoms with E-state index >= 15 is 0 Å². The second-order valence-corrected chi connectivity index (χ2v) is 7.17. The van der Waals surface area contributed by atoms with Crippen LogP contribution in [0.2, 0.25) is 0 Å². The van der Waals surface area contributed by atoms with Crippen LogP contribution in [0.5, 0.6) is 0 Å². The topological polar surface area (TPSA) is 126 Å². The Labute approximate surface area is 174 Å². The lowest BCUT2D eigenvalue weighted by Gasteiger charge is -2.07. The number of imidazole rings is 1. The Morgan fingerprint density at radius 1 is 1.16 bits per heavy atom. The van der Waals surface area contributed by atoms with Crippen LogP contribution in [-0.4, -0.2) is 30.8 Å². The van der Waals surface area contributed by atoms with Crippen LogP contribution in [0.1, 0.15) is 40.7 Å². The van der Waals surface area contributed by atoms with E-state index in [0.29, 0.717) is 5.76 Å². The smallest absolute Gasteiger partial charge is 0.331 e. The molecule has 10 heteroatoms. The lowest BCUT2D eigenvalue weighted by atomic mass is 10.1. The van der Waals surface area contributed by atoms with Crippen molar-refractivity contribution in [2.24, 2.45) is 5.73 Å². The lowest BCUT2D eigenvalue weighted by Crippen LogP contribution is -2.28. The van der Waals surface area contributed by atoms with E-state index < -0.39 is 29.7 Å². The van der Waals surface area contributed by atoms with Crippen LogP contribution in [-0.2, 0) is 6.54 Å². The SMILES string of the molecule is CC(C)n1c(=O)n(CC(=O)c2ccc(F)cc2)c2c(C(N)=O)nc(-c3ccco3)nc21. The maximum absolute atomic E-state index is 13.2. The van der Waals surface area contributed by atoms with Gasteiger partial charge in [-0.15, -0.1) is 0 Å². The molecule has 0 saturated carbocycles. The number of aromatic nitrogens is 4. The number of amides is 1. The molecule has 1 amide bonds. The van der Waals surface area contributed by atoms with Crippen LogP contribution in [0.4, 0.5) is 4.39 Å². The normalized spacial score (nSPS) is 11.4. The summed E-state index contributed by atoms with van der Waals surface area (Å²) in [6.45, 7) is 3.14. The molecule has 0 aliphatic rings. The molecular formula is C21H18FN5O4. The highest BCUT2D eigenvalue weighted by Gasteiger charge is 2.26. The van der Waals surface area contributed by atoms with Gasteiger partial charge in [-0.25, -0.2) is 19.2 Å². The van der Waals surface area contributed by atoms with Gasteiger partial charge in [0.2, 0.25) is 0 Å². The molecule has 0 aliphatic carbocycles. The lowest BCUT2D eigenvalue weighted by molar-refractivity contribution is 0.0966. The van der Waals surface area contributed by atoms with E-state index in [0.717, 1.165) is 16.7 Å². The van der Waals surface area contributed by atoms with Gasteiger partial charge in [-0.2, -0.15) is 0 Å². The maximum atomic E-state index is 13.2. The van der Waals surface area contributed by atoms with Crippen LogP contribution < -0.4 is 11.4 Å². The van der Waals surface area contributed by atoms with Gasteiger partial charge in [0, 0.05) is 11.6 Å². The molecule has 0 aliphatic heterocycles. The van der Waals surface area contributed by atoms with Gasteiger partial charge >= 0.3 is 5.69 Å². The van der Waals surface area contributed by atoms with Gasteiger partial charge in [-0.05, 0) is 50.2 Å². The molecule has 0 atom stereocenters. The number of carbonyl (C=O) groups is 2. The first-order valence-corrected chi connectivity index (χ1v) is 9.43. The Morgan fingerprint density at radius 3 is 2.45 bits per heavy atom. The van der Waals surface area contributed by atoms with E-state index in [9.17, 15) is 18.8 Å². The monoisotopic (exact) mass is 423 g/mol. The predicted octanol–water partition coefficient (Wildman–Crippen LogP) is 2.55. The number of hydrogen-bond acceptors (Lipinski definition) is 6. The molecule has 1 aromatic carbocycles. The summed E-state index contributed by atoms with van der Waals surface area (Å²) >= 11 is 0. The van der Waals surface area contributed by atoms with E-state index in [4.69, 9.17) is 10.2 Å². The van der Waals surface area contributed by atoms with Crippen molar-refractivity contribution in [1.82, 2.24) is 19.1 Å². The van der Waals surface area contributed by atoms with Crippen LogP contribution in [0.15, 0.2) is 51.9 Å². The van der Waals surface area contributed by atoms with Gasteiger partial charge in [0.1, 0.15) is 11.3 Å². The highest BCUT2D eigenvalue weighted by atomic mass is 19.1. The third kappa shape index (κ3) is 3.52. The molecule has 4 rings (SSSR count). The van der Waals surface area contributed by atoms with Crippen LogP contribution in [0.3, 0.4) is 0 Å². The Bertz CT molecular complexity index is 1350. The van der Waals surface area contributed by atoms with Gasteiger partial charge in [0.15, 0.2) is 28.7 Å². The molecular weight excluding hydrogens is 405 g/mol. The first-order valence-electron chi connectivity index (χ1n) is 9.43. The number of ketones is 1. The number of nitrogens with two attached hydrogens (primary N) is 1. The van der Waals surface area contributed by atoms with Crippen LogP contribution in [0.25, 0.3) is 22.7 Å². The minimum atomic E-state index is -0.885. The van der Waals surface area contributed by atoms with E-state index in [2.05, 4.69) is 9.97 Å². The van der Waals surface area contributed by atoms with Crippen molar-refractivity contribution < 1.29 is 18.4 Å². The number of rotatable bonds is 6. The van der Waals surface area contributed by atoms with E-state index in [-0.39, 0.29) is 34.3 Å². The second-order valence-electron chi connectivity index (χ2n) is 7.17. The van der Waals surface area contributed by atoms with Gasteiger partial charge in [-0.1, -0.05) is 0 Å². The Balaban J connectivity index is 1.96. The fraction of sp³-hybridized carbons (Fsp3) is 0.190. The van der Waals surface area contributed by atoms with Crippen molar-refractivity contribution in [2.45, 2.75) is 26.4 Å². The van der Waals surface area contributed by atoms with Crippen molar-refractivity contribution in [1.29, 1.82) is 0 Å². The minimum Gasteiger partial charge on any atom is -0.461 e. The molecule has 0 unspecified atom stereocenters. The molecule has 3 aromatic heterocycles. The number of nitrogens with zero attached hydrogens (tertiary/aromatic N) is 4. The van der Waals surface area contributed by atoms with E-state index in [1.165, 1.54) is 23.0 Å². The third-order valence-electron chi connectivity index (χ3n) is 4.76. The van der Waals surface area contributed by atoms with Crippen molar-refractivity contribution in [2.75, 3.05) is 0 Å². The van der Waals surface area contributed by atoms with Crippen molar-refractivity contribution in [3.63, 3.8) is 0 Å². The highest BCUT2D eigenvalue weighted by Crippen LogP contribution is 2.24. The van der Waals surface area contributed by atoms with Gasteiger partial charge in [0.25, 0.3) is 5.91 Å². The van der Waals surface area contributed by atoms with Gasteiger partial charge in [0.05, 0.1) is 12.8 Å². The quantitative estimate of drug-likeness (QED) is 0.475. The number of halogens is 1. The molecule has 0 bridgehead atoms. The average Bonchev–Trinajstić information content (AvgIpc) is 3.35. The predicted molar refractivity (Wildman–Crippen MR) is 109 cm³/mol. The summed E-state index contributed by atoms with van der Waals surface area (Å²) < 4.78 is 21.0. The first-order chi connectivity index (χ1) is 14.8. The maximum Gasteiger partial charge on any atom is 0.331 e. The highest BCUT2D eigenvalue weighted by molar-refractivity contribution is 6.03. The molecule has 0 spiro atoms. The summed E-state index contributed by atoms with van der Waals surface area (Å²) in [5.74, 6) is -1.44. The molecule has 9 nitrogen and oxygen atoms in total. The molecule has 2 N–H and O–H groups in total. The summed E-state index contributed by atoms with van der Waals surface area (Å²) in [7, 11) is 0. The zero-order chi connectivity index (χ0) is 22.3. The Hall–Kier alpha value is -4.08. The number of furan rings is 1. The fourth-order valence-corrected chi connectivity index (χ4v) is 3.35. The number of benzene rings is 1. The average molecular weight is 423 g/mol. The first kappa shape index (κ1) is 20.2. The summed E-state index contributed by atoms with van der Waals surface area (Å²) in [4.78, 5) is 46.8. The zero-order valence-electron chi connectivity index (χ0n) is 16.7. The fourth-order valence-electron chi connectivity index (χ4n) is 3.35. The molecule has 4 aromatic rings. The number of Topliss-reactive ketones (excluding diaryl/α,β-unsaturated/α-hetero) is 1. The van der Waals surface area contributed by atoms with Crippen molar-refractivity contribution in [3.8, 4) is 11.6 Å². The minimum absolute atomic E-state index is 0.0527. The number of primary amides is 1. The van der Waals surface area contributed by atoms with Crippen LogP contribution >= 0.6 is 0 Å².